The molecule has 6 heteroatoms. The lowest BCUT2D eigenvalue weighted by Crippen LogP contribution is -2.38. The standard InChI is InChI=1S/C12H26N2O3S/c1-11(2)13-6-4-9-18(15,16)14-7-5-8-17-12(3)10-14/h11-13H,4-10H2,1-3H3. The monoisotopic (exact) mass is 278 g/mol. The van der Waals surface area contributed by atoms with Crippen LogP contribution in [0.15, 0.2) is 0 Å². The summed E-state index contributed by atoms with van der Waals surface area (Å²) < 4.78 is 31.4. The van der Waals surface area contributed by atoms with E-state index in [2.05, 4.69) is 19.2 Å². The van der Waals surface area contributed by atoms with E-state index in [0.29, 0.717) is 32.2 Å². The molecule has 0 radical (unpaired) electrons. The SMILES string of the molecule is CC(C)NCCCS(=O)(=O)N1CCCOC(C)C1. The second-order valence-corrected chi connectivity index (χ2v) is 7.26. The third-order valence-electron chi connectivity index (χ3n) is 2.94. The zero-order chi connectivity index (χ0) is 13.6. The maximum atomic E-state index is 12.2. The van der Waals surface area contributed by atoms with Crippen LogP contribution >= 0.6 is 0 Å². The van der Waals surface area contributed by atoms with Crippen molar-refractivity contribution in [3.8, 4) is 0 Å². The third-order valence-corrected chi connectivity index (χ3v) is 4.86. The van der Waals surface area contributed by atoms with Crippen molar-refractivity contribution in [3.63, 3.8) is 0 Å². The fourth-order valence-corrected chi connectivity index (χ4v) is 3.59. The molecule has 1 saturated heterocycles. The van der Waals surface area contributed by atoms with Gasteiger partial charge in [0.25, 0.3) is 0 Å². The van der Waals surface area contributed by atoms with Gasteiger partial charge in [-0.3, -0.25) is 0 Å². The molecule has 0 saturated carbocycles. The lowest BCUT2D eigenvalue weighted by atomic mass is 10.4. The van der Waals surface area contributed by atoms with E-state index in [1.54, 1.807) is 4.31 Å². The molecule has 1 fully saturated rings. The number of ether oxygens (including phenoxy) is 1. The number of hydrogen-bond donors (Lipinski definition) is 1. The van der Waals surface area contributed by atoms with Crippen LogP contribution in [0.2, 0.25) is 0 Å². The predicted molar refractivity (Wildman–Crippen MR) is 73.1 cm³/mol. The van der Waals surface area contributed by atoms with Crippen LogP contribution in [0.5, 0.6) is 0 Å². The Labute approximate surface area is 111 Å². The summed E-state index contributed by atoms with van der Waals surface area (Å²) in [5.41, 5.74) is 0. The van der Waals surface area contributed by atoms with E-state index in [4.69, 9.17) is 4.74 Å². The number of rotatable bonds is 6. The normalized spacial score (nSPS) is 23.2. The molecule has 1 heterocycles. The molecule has 1 unspecified atom stereocenters. The van der Waals surface area contributed by atoms with Crippen LogP contribution in [0, 0.1) is 0 Å². The number of hydrogen-bond acceptors (Lipinski definition) is 4. The van der Waals surface area contributed by atoms with E-state index in [0.717, 1.165) is 13.0 Å². The van der Waals surface area contributed by atoms with Gasteiger partial charge in [-0.25, -0.2) is 8.42 Å². The Morgan fingerprint density at radius 1 is 1.44 bits per heavy atom. The van der Waals surface area contributed by atoms with Crippen LogP contribution < -0.4 is 5.32 Å². The number of sulfonamides is 1. The second-order valence-electron chi connectivity index (χ2n) is 5.17. The summed E-state index contributed by atoms with van der Waals surface area (Å²) in [5.74, 6) is 0.222. The Kier molecular flexibility index (Phi) is 6.55. The highest BCUT2D eigenvalue weighted by Gasteiger charge is 2.25. The molecule has 5 nitrogen and oxygen atoms in total. The summed E-state index contributed by atoms with van der Waals surface area (Å²) >= 11 is 0. The number of nitrogens with zero attached hydrogens (tertiary/aromatic N) is 1. The molecule has 18 heavy (non-hydrogen) atoms. The molecule has 0 amide bonds. The molecule has 0 aromatic heterocycles. The lowest BCUT2D eigenvalue weighted by Gasteiger charge is -2.21. The Bertz CT molecular complexity index is 330. The van der Waals surface area contributed by atoms with Gasteiger partial charge in [-0.15, -0.1) is 0 Å². The van der Waals surface area contributed by atoms with Crippen LogP contribution in [0.4, 0.5) is 0 Å². The molecule has 1 aliphatic rings. The largest absolute Gasteiger partial charge is 0.377 e. The van der Waals surface area contributed by atoms with Crippen LogP contribution in [-0.4, -0.2) is 56.9 Å². The highest BCUT2D eigenvalue weighted by atomic mass is 32.2. The van der Waals surface area contributed by atoms with Gasteiger partial charge in [-0.1, -0.05) is 13.8 Å². The van der Waals surface area contributed by atoms with E-state index >= 15 is 0 Å². The first-order valence-corrected chi connectivity index (χ1v) is 8.35. The fourth-order valence-electron chi connectivity index (χ4n) is 1.98. The molecule has 0 aliphatic carbocycles. The molecule has 0 aromatic rings. The van der Waals surface area contributed by atoms with Crippen molar-refractivity contribution in [1.29, 1.82) is 0 Å². The van der Waals surface area contributed by atoms with Gasteiger partial charge in [0.15, 0.2) is 0 Å². The number of nitrogens with one attached hydrogen (secondary N) is 1. The molecule has 0 aromatic carbocycles. The Balaban J connectivity index is 2.41. The van der Waals surface area contributed by atoms with Crippen molar-refractivity contribution in [3.05, 3.63) is 0 Å². The molecular weight excluding hydrogens is 252 g/mol. The van der Waals surface area contributed by atoms with Crippen molar-refractivity contribution in [2.45, 2.75) is 45.8 Å². The quantitative estimate of drug-likeness (QED) is 0.731. The van der Waals surface area contributed by atoms with Crippen LogP contribution in [-0.2, 0) is 14.8 Å². The molecule has 1 rings (SSSR count). The van der Waals surface area contributed by atoms with Crippen molar-refractivity contribution in [2.75, 3.05) is 32.0 Å². The lowest BCUT2D eigenvalue weighted by molar-refractivity contribution is 0.0752. The molecule has 108 valence electrons. The van der Waals surface area contributed by atoms with Gasteiger partial charge in [0.2, 0.25) is 10.0 Å². The predicted octanol–water partition coefficient (Wildman–Crippen LogP) is 0.815. The van der Waals surface area contributed by atoms with Crippen molar-refractivity contribution < 1.29 is 13.2 Å². The van der Waals surface area contributed by atoms with E-state index in [1.807, 2.05) is 6.92 Å². The van der Waals surface area contributed by atoms with Crippen molar-refractivity contribution in [1.82, 2.24) is 9.62 Å². The average molecular weight is 278 g/mol. The summed E-state index contributed by atoms with van der Waals surface area (Å²) in [6.45, 7) is 8.52. The Morgan fingerprint density at radius 2 is 2.17 bits per heavy atom. The van der Waals surface area contributed by atoms with E-state index < -0.39 is 10.0 Å². The summed E-state index contributed by atoms with van der Waals surface area (Å²) in [7, 11) is -3.12. The first-order chi connectivity index (χ1) is 8.42. The molecule has 1 N–H and O–H groups in total. The summed E-state index contributed by atoms with van der Waals surface area (Å²) in [4.78, 5) is 0. The van der Waals surface area contributed by atoms with Gasteiger partial charge in [0, 0.05) is 25.7 Å². The van der Waals surface area contributed by atoms with Crippen LogP contribution in [0.3, 0.4) is 0 Å². The minimum Gasteiger partial charge on any atom is -0.377 e. The molecule has 0 spiro atoms. The van der Waals surface area contributed by atoms with E-state index in [9.17, 15) is 8.42 Å². The maximum absolute atomic E-state index is 12.2. The van der Waals surface area contributed by atoms with Gasteiger partial charge in [-0.05, 0) is 26.3 Å². The summed E-state index contributed by atoms with van der Waals surface area (Å²) in [6.07, 6.45) is 1.44. The molecule has 1 atom stereocenters. The first kappa shape index (κ1) is 15.9. The zero-order valence-corrected chi connectivity index (χ0v) is 12.5. The molecule has 0 bridgehead atoms. The van der Waals surface area contributed by atoms with Crippen LogP contribution in [0.1, 0.15) is 33.6 Å². The van der Waals surface area contributed by atoms with Gasteiger partial charge >= 0.3 is 0 Å². The summed E-state index contributed by atoms with van der Waals surface area (Å²) in [6, 6.07) is 0.402. The highest BCUT2D eigenvalue weighted by Crippen LogP contribution is 2.11. The van der Waals surface area contributed by atoms with E-state index in [1.165, 1.54) is 0 Å². The van der Waals surface area contributed by atoms with Gasteiger partial charge in [-0.2, -0.15) is 4.31 Å². The second kappa shape index (κ2) is 7.43. The average Bonchev–Trinajstić information content (AvgIpc) is 2.49. The van der Waals surface area contributed by atoms with Crippen molar-refractivity contribution >= 4 is 10.0 Å². The van der Waals surface area contributed by atoms with Crippen LogP contribution in [0.25, 0.3) is 0 Å². The van der Waals surface area contributed by atoms with Gasteiger partial charge < -0.3 is 10.1 Å². The van der Waals surface area contributed by atoms with Gasteiger partial charge in [0.05, 0.1) is 11.9 Å². The van der Waals surface area contributed by atoms with Gasteiger partial charge in [0.1, 0.15) is 0 Å². The zero-order valence-electron chi connectivity index (χ0n) is 11.7. The minimum atomic E-state index is -3.12. The smallest absolute Gasteiger partial charge is 0.214 e. The first-order valence-electron chi connectivity index (χ1n) is 6.74. The highest BCUT2D eigenvalue weighted by molar-refractivity contribution is 7.89. The van der Waals surface area contributed by atoms with E-state index in [-0.39, 0.29) is 11.9 Å². The maximum Gasteiger partial charge on any atom is 0.214 e. The fraction of sp³-hybridized carbons (Fsp3) is 1.00. The Morgan fingerprint density at radius 3 is 2.83 bits per heavy atom. The Hall–Kier alpha value is -0.170. The topological polar surface area (TPSA) is 58.6 Å². The molecular formula is C12H26N2O3S. The minimum absolute atomic E-state index is 0.00364. The molecule has 1 aliphatic heterocycles. The summed E-state index contributed by atoms with van der Waals surface area (Å²) in [5, 5.41) is 3.23. The van der Waals surface area contributed by atoms with Crippen molar-refractivity contribution in [2.24, 2.45) is 0 Å². The third kappa shape index (κ3) is 5.65.